The quantitative estimate of drug-likeness (QED) is 0.561. The normalized spacial score (nSPS) is 9.56. The largest absolute Gasteiger partial charge is 1.00 e. The molecule has 1 heterocycles. The SMILES string of the molecule is COCOc1cscc1-c1ccccc1.[H-].[Li+]. The summed E-state index contributed by atoms with van der Waals surface area (Å²) in [7, 11) is 1.62. The van der Waals surface area contributed by atoms with Gasteiger partial charge in [0, 0.05) is 23.4 Å². The molecule has 0 bridgehead atoms. The zero-order chi connectivity index (χ0) is 10.5. The second-order valence-corrected chi connectivity index (χ2v) is 3.81. The zero-order valence-electron chi connectivity index (χ0n) is 10.5. The molecule has 0 amide bonds. The van der Waals surface area contributed by atoms with Crippen molar-refractivity contribution in [3.8, 4) is 16.9 Å². The first-order chi connectivity index (χ1) is 7.42. The van der Waals surface area contributed by atoms with E-state index in [4.69, 9.17) is 9.47 Å². The van der Waals surface area contributed by atoms with Crippen molar-refractivity contribution in [3.63, 3.8) is 0 Å². The summed E-state index contributed by atoms with van der Waals surface area (Å²) in [4.78, 5) is 0. The molecule has 0 atom stereocenters. The van der Waals surface area contributed by atoms with Crippen LogP contribution < -0.4 is 23.6 Å². The first kappa shape index (κ1) is 13.3. The third-order valence-electron chi connectivity index (χ3n) is 2.04. The molecule has 0 N–H and O–H groups in total. The van der Waals surface area contributed by atoms with E-state index >= 15 is 0 Å². The van der Waals surface area contributed by atoms with Crippen molar-refractivity contribution < 1.29 is 29.8 Å². The van der Waals surface area contributed by atoms with Crippen molar-refractivity contribution in [1.82, 2.24) is 0 Å². The van der Waals surface area contributed by atoms with Gasteiger partial charge in [-0.05, 0) is 5.56 Å². The first-order valence-corrected chi connectivity index (χ1v) is 5.59. The number of methoxy groups -OCH3 is 1. The molecule has 2 aromatic rings. The molecule has 0 saturated carbocycles. The predicted octanol–water partition coefficient (Wildman–Crippen LogP) is 0.514. The zero-order valence-corrected chi connectivity index (χ0v) is 10.3. The van der Waals surface area contributed by atoms with Crippen LogP contribution in [0.5, 0.6) is 5.75 Å². The van der Waals surface area contributed by atoms with Gasteiger partial charge in [0.05, 0.1) is 0 Å². The minimum Gasteiger partial charge on any atom is -1.00 e. The van der Waals surface area contributed by atoms with Crippen LogP contribution in [0.3, 0.4) is 0 Å². The van der Waals surface area contributed by atoms with Gasteiger partial charge in [0.25, 0.3) is 0 Å². The summed E-state index contributed by atoms with van der Waals surface area (Å²) in [5, 5.41) is 4.07. The second kappa shape index (κ2) is 6.77. The van der Waals surface area contributed by atoms with Crippen molar-refractivity contribution in [2.75, 3.05) is 13.9 Å². The van der Waals surface area contributed by atoms with E-state index in [-0.39, 0.29) is 27.1 Å². The second-order valence-electron chi connectivity index (χ2n) is 3.07. The molecule has 0 fully saturated rings. The van der Waals surface area contributed by atoms with Gasteiger partial charge >= 0.3 is 18.9 Å². The van der Waals surface area contributed by atoms with Crippen LogP contribution in [-0.2, 0) is 4.74 Å². The summed E-state index contributed by atoms with van der Waals surface area (Å²) in [5.74, 6) is 0.882. The van der Waals surface area contributed by atoms with Crippen LogP contribution in [0.1, 0.15) is 1.43 Å². The fourth-order valence-corrected chi connectivity index (χ4v) is 2.12. The molecule has 0 unspecified atom stereocenters. The van der Waals surface area contributed by atoms with E-state index in [0.717, 1.165) is 11.3 Å². The average Bonchev–Trinajstić information content (AvgIpc) is 2.75. The van der Waals surface area contributed by atoms with Gasteiger partial charge in [0.1, 0.15) is 5.75 Å². The number of ether oxygens (including phenoxy) is 2. The van der Waals surface area contributed by atoms with Gasteiger partial charge in [0.2, 0.25) is 0 Å². The monoisotopic (exact) mass is 228 g/mol. The molecule has 2 rings (SSSR count). The Morgan fingerprint density at radius 3 is 2.62 bits per heavy atom. The standard InChI is InChI=1S/C12H12O2S.Li.H/c1-13-9-14-12-8-15-7-11(12)10-5-3-2-4-6-10;;/h2-8H,9H2,1H3;;/q;+1;-1. The third kappa shape index (κ3) is 3.13. The van der Waals surface area contributed by atoms with E-state index in [1.54, 1.807) is 18.4 Å². The van der Waals surface area contributed by atoms with Crippen molar-refractivity contribution >= 4 is 11.3 Å². The Balaban J connectivity index is 0.00000128. The summed E-state index contributed by atoms with van der Waals surface area (Å²) < 4.78 is 10.4. The molecule has 80 valence electrons. The van der Waals surface area contributed by atoms with Gasteiger partial charge < -0.3 is 10.9 Å². The molecule has 0 aliphatic carbocycles. The molecule has 0 aliphatic heterocycles. The van der Waals surface area contributed by atoms with Crippen molar-refractivity contribution in [2.24, 2.45) is 0 Å². The average molecular weight is 228 g/mol. The van der Waals surface area contributed by atoms with Crippen LogP contribution in [0.2, 0.25) is 0 Å². The molecular formula is C12H13LiO2S. The molecular weight excluding hydrogens is 215 g/mol. The molecule has 1 aromatic carbocycles. The molecule has 1 aromatic heterocycles. The van der Waals surface area contributed by atoms with E-state index in [1.165, 1.54) is 5.56 Å². The minimum absolute atomic E-state index is 0. The minimum atomic E-state index is 0. The van der Waals surface area contributed by atoms with Gasteiger partial charge in [-0.25, -0.2) is 0 Å². The summed E-state index contributed by atoms with van der Waals surface area (Å²) in [6, 6.07) is 10.2. The van der Waals surface area contributed by atoms with Crippen LogP contribution in [0.25, 0.3) is 11.1 Å². The number of hydrogen-bond donors (Lipinski definition) is 0. The maximum atomic E-state index is 5.47. The Labute approximate surface area is 113 Å². The van der Waals surface area contributed by atoms with Crippen molar-refractivity contribution in [3.05, 3.63) is 41.1 Å². The fourth-order valence-electron chi connectivity index (χ4n) is 1.35. The molecule has 0 saturated heterocycles. The van der Waals surface area contributed by atoms with Gasteiger partial charge in [-0.2, -0.15) is 0 Å². The molecule has 0 spiro atoms. The topological polar surface area (TPSA) is 18.5 Å². The maximum absolute atomic E-state index is 5.47. The summed E-state index contributed by atoms with van der Waals surface area (Å²) in [6.07, 6.45) is 0. The Hall–Kier alpha value is -0.723. The maximum Gasteiger partial charge on any atom is 1.00 e. The number of thiophene rings is 1. The first-order valence-electron chi connectivity index (χ1n) is 4.65. The Bertz CT molecular complexity index is 419. The van der Waals surface area contributed by atoms with E-state index in [0.29, 0.717) is 0 Å². The smallest absolute Gasteiger partial charge is 1.00 e. The van der Waals surface area contributed by atoms with Gasteiger partial charge in [-0.1, -0.05) is 30.3 Å². The number of rotatable bonds is 4. The van der Waals surface area contributed by atoms with Crippen molar-refractivity contribution in [2.45, 2.75) is 0 Å². The van der Waals surface area contributed by atoms with E-state index in [2.05, 4.69) is 17.5 Å². The van der Waals surface area contributed by atoms with Gasteiger partial charge in [0.15, 0.2) is 6.79 Å². The van der Waals surface area contributed by atoms with Crippen LogP contribution >= 0.6 is 11.3 Å². The Morgan fingerprint density at radius 1 is 1.19 bits per heavy atom. The van der Waals surface area contributed by atoms with Crippen LogP contribution in [-0.4, -0.2) is 13.9 Å². The Morgan fingerprint density at radius 2 is 1.94 bits per heavy atom. The van der Waals surface area contributed by atoms with E-state index < -0.39 is 0 Å². The van der Waals surface area contributed by atoms with Gasteiger partial charge in [-0.3, -0.25) is 0 Å². The molecule has 16 heavy (non-hydrogen) atoms. The Kier molecular flexibility index (Phi) is 5.65. The van der Waals surface area contributed by atoms with Gasteiger partial charge in [-0.15, -0.1) is 11.3 Å². The molecule has 2 nitrogen and oxygen atoms in total. The number of benzene rings is 1. The van der Waals surface area contributed by atoms with Crippen LogP contribution in [0.4, 0.5) is 0 Å². The van der Waals surface area contributed by atoms with E-state index in [9.17, 15) is 0 Å². The third-order valence-corrected chi connectivity index (χ3v) is 2.77. The van der Waals surface area contributed by atoms with Crippen molar-refractivity contribution in [1.29, 1.82) is 0 Å². The van der Waals surface area contributed by atoms with Crippen LogP contribution in [0.15, 0.2) is 41.1 Å². The molecule has 4 heteroatoms. The fraction of sp³-hybridized carbons (Fsp3) is 0.167. The molecule has 0 aliphatic rings. The van der Waals surface area contributed by atoms with E-state index in [1.807, 2.05) is 23.6 Å². The molecule has 0 radical (unpaired) electrons. The predicted molar refractivity (Wildman–Crippen MR) is 63.4 cm³/mol. The summed E-state index contributed by atoms with van der Waals surface area (Å²) in [6.45, 7) is 0.288. The summed E-state index contributed by atoms with van der Waals surface area (Å²) >= 11 is 1.63. The summed E-state index contributed by atoms with van der Waals surface area (Å²) in [5.41, 5.74) is 2.29. The number of hydrogen-bond acceptors (Lipinski definition) is 3. The van der Waals surface area contributed by atoms with Crippen LogP contribution in [0, 0.1) is 0 Å².